The number of carbonyl (C=O) groups is 1. The van der Waals surface area contributed by atoms with Crippen molar-refractivity contribution in [2.45, 2.75) is 38.6 Å². The summed E-state index contributed by atoms with van der Waals surface area (Å²) in [6.45, 7) is 3.00. The minimum absolute atomic E-state index is 0.000182. The lowest BCUT2D eigenvalue weighted by Gasteiger charge is -2.35. The van der Waals surface area contributed by atoms with Crippen LogP contribution in [0.5, 0.6) is 5.75 Å². The number of hydrogen-bond acceptors (Lipinski definition) is 2. The lowest BCUT2D eigenvalue weighted by molar-refractivity contribution is 0.160. The fourth-order valence-corrected chi connectivity index (χ4v) is 2.59. The largest absolute Gasteiger partial charge is 0.497 e. The minimum Gasteiger partial charge on any atom is -0.497 e. The van der Waals surface area contributed by atoms with Crippen molar-refractivity contribution in [1.29, 1.82) is 0 Å². The second-order valence-corrected chi connectivity index (χ2v) is 4.91. The van der Waals surface area contributed by atoms with Crippen molar-refractivity contribution >= 4 is 11.7 Å². The van der Waals surface area contributed by atoms with Crippen molar-refractivity contribution in [3.63, 3.8) is 0 Å². The molecule has 0 aromatic heterocycles. The van der Waals surface area contributed by atoms with Gasteiger partial charge in [0.2, 0.25) is 0 Å². The first-order valence-electron chi connectivity index (χ1n) is 6.96. The summed E-state index contributed by atoms with van der Waals surface area (Å²) in [7, 11) is 1.62. The van der Waals surface area contributed by atoms with Gasteiger partial charge in [-0.15, -0.1) is 0 Å². The van der Waals surface area contributed by atoms with Crippen molar-refractivity contribution in [1.82, 2.24) is 4.90 Å². The molecule has 1 aliphatic heterocycles. The molecule has 0 saturated carbocycles. The summed E-state index contributed by atoms with van der Waals surface area (Å²) >= 11 is 0. The van der Waals surface area contributed by atoms with Gasteiger partial charge in [-0.2, -0.15) is 0 Å². The maximum absolute atomic E-state index is 12.3. The first-order valence-corrected chi connectivity index (χ1v) is 6.96. The number of amides is 2. The molecule has 1 saturated heterocycles. The van der Waals surface area contributed by atoms with Crippen LogP contribution in [0, 0.1) is 0 Å². The van der Waals surface area contributed by atoms with Gasteiger partial charge in [-0.05, 0) is 37.8 Å². The molecule has 0 spiro atoms. The summed E-state index contributed by atoms with van der Waals surface area (Å²) in [4.78, 5) is 14.3. The maximum atomic E-state index is 12.3. The van der Waals surface area contributed by atoms with E-state index in [1.165, 1.54) is 6.42 Å². The molecule has 1 N–H and O–H groups in total. The van der Waals surface area contributed by atoms with E-state index < -0.39 is 0 Å². The standard InChI is InChI=1S/C15H22N2O2/c1-3-13-8-4-5-10-17(13)15(18)16-12-7-6-9-14(11-12)19-2/h6-7,9,11,13H,3-5,8,10H2,1-2H3,(H,16,18). The van der Waals surface area contributed by atoms with Gasteiger partial charge in [-0.3, -0.25) is 0 Å². The highest BCUT2D eigenvalue weighted by Gasteiger charge is 2.25. The Morgan fingerprint density at radius 2 is 2.32 bits per heavy atom. The molecule has 19 heavy (non-hydrogen) atoms. The van der Waals surface area contributed by atoms with Crippen molar-refractivity contribution in [2.75, 3.05) is 19.0 Å². The Labute approximate surface area is 114 Å². The highest BCUT2D eigenvalue weighted by atomic mass is 16.5. The van der Waals surface area contributed by atoms with Crippen LogP contribution in [0.15, 0.2) is 24.3 Å². The van der Waals surface area contributed by atoms with Gasteiger partial charge >= 0.3 is 6.03 Å². The molecule has 1 fully saturated rings. The van der Waals surface area contributed by atoms with Gasteiger partial charge in [0, 0.05) is 24.3 Å². The summed E-state index contributed by atoms with van der Waals surface area (Å²) in [5, 5.41) is 2.96. The number of nitrogens with zero attached hydrogens (tertiary/aromatic N) is 1. The van der Waals surface area contributed by atoms with Gasteiger partial charge in [-0.25, -0.2) is 4.79 Å². The number of benzene rings is 1. The Morgan fingerprint density at radius 1 is 1.47 bits per heavy atom. The Hall–Kier alpha value is -1.71. The molecule has 4 nitrogen and oxygen atoms in total. The second kappa shape index (κ2) is 6.45. The molecular weight excluding hydrogens is 240 g/mol. The van der Waals surface area contributed by atoms with E-state index >= 15 is 0 Å². The van der Waals surface area contributed by atoms with E-state index in [0.717, 1.165) is 37.2 Å². The highest BCUT2D eigenvalue weighted by Crippen LogP contribution is 2.22. The molecule has 1 aromatic rings. The van der Waals surface area contributed by atoms with Crippen molar-refractivity contribution < 1.29 is 9.53 Å². The third-order valence-corrected chi connectivity index (χ3v) is 3.68. The predicted octanol–water partition coefficient (Wildman–Crippen LogP) is 3.49. The zero-order chi connectivity index (χ0) is 13.7. The number of carbonyl (C=O) groups excluding carboxylic acids is 1. The number of ether oxygens (including phenoxy) is 1. The Morgan fingerprint density at radius 3 is 3.05 bits per heavy atom. The summed E-state index contributed by atoms with van der Waals surface area (Å²) in [6, 6.07) is 7.83. The minimum atomic E-state index is -0.000182. The molecule has 2 rings (SSSR count). The molecule has 1 atom stereocenters. The average molecular weight is 262 g/mol. The van der Waals surface area contributed by atoms with Crippen LogP contribution in [0.3, 0.4) is 0 Å². The van der Waals surface area contributed by atoms with Gasteiger partial charge < -0.3 is 15.0 Å². The molecule has 2 amide bonds. The lowest BCUT2D eigenvalue weighted by atomic mass is 10.0. The number of anilines is 1. The number of nitrogens with one attached hydrogen (secondary N) is 1. The number of rotatable bonds is 3. The van der Waals surface area contributed by atoms with Gasteiger partial charge in [0.15, 0.2) is 0 Å². The lowest BCUT2D eigenvalue weighted by Crippen LogP contribution is -2.45. The molecule has 104 valence electrons. The molecule has 1 aliphatic rings. The van der Waals surface area contributed by atoms with Crippen LogP contribution in [-0.4, -0.2) is 30.6 Å². The number of piperidine rings is 1. The van der Waals surface area contributed by atoms with Crippen LogP contribution in [-0.2, 0) is 0 Å². The van der Waals surface area contributed by atoms with E-state index in [2.05, 4.69) is 12.2 Å². The monoisotopic (exact) mass is 262 g/mol. The zero-order valence-electron chi connectivity index (χ0n) is 11.7. The van der Waals surface area contributed by atoms with Crippen LogP contribution in [0.25, 0.3) is 0 Å². The summed E-state index contributed by atoms with van der Waals surface area (Å²) < 4.78 is 5.16. The van der Waals surface area contributed by atoms with E-state index in [1.807, 2.05) is 29.2 Å². The second-order valence-electron chi connectivity index (χ2n) is 4.91. The molecule has 1 heterocycles. The predicted molar refractivity (Wildman–Crippen MR) is 76.6 cm³/mol. The smallest absolute Gasteiger partial charge is 0.322 e. The van der Waals surface area contributed by atoms with E-state index in [0.29, 0.717) is 6.04 Å². The summed E-state index contributed by atoms with van der Waals surface area (Å²) in [6.07, 6.45) is 4.46. The Bertz CT molecular complexity index is 434. The van der Waals surface area contributed by atoms with Crippen molar-refractivity contribution in [3.8, 4) is 5.75 Å². The molecular formula is C15H22N2O2. The number of urea groups is 1. The first kappa shape index (κ1) is 13.7. The average Bonchev–Trinajstić information content (AvgIpc) is 2.47. The molecule has 0 bridgehead atoms. The quantitative estimate of drug-likeness (QED) is 0.906. The Kier molecular flexibility index (Phi) is 4.66. The van der Waals surface area contributed by atoms with Crippen LogP contribution >= 0.6 is 0 Å². The topological polar surface area (TPSA) is 41.6 Å². The SMILES string of the molecule is CCC1CCCCN1C(=O)Nc1cccc(OC)c1. The summed E-state index contributed by atoms with van der Waals surface area (Å²) in [5.74, 6) is 0.753. The Balaban J connectivity index is 2.02. The van der Waals surface area contributed by atoms with Crippen molar-refractivity contribution in [2.24, 2.45) is 0 Å². The van der Waals surface area contributed by atoms with Gasteiger partial charge in [0.05, 0.1) is 7.11 Å². The summed E-state index contributed by atoms with van der Waals surface area (Å²) in [5.41, 5.74) is 0.782. The number of hydrogen-bond donors (Lipinski definition) is 1. The fourth-order valence-electron chi connectivity index (χ4n) is 2.59. The van der Waals surface area contributed by atoms with Gasteiger partial charge in [0.25, 0.3) is 0 Å². The fraction of sp³-hybridized carbons (Fsp3) is 0.533. The number of methoxy groups -OCH3 is 1. The third kappa shape index (κ3) is 3.40. The van der Waals surface area contributed by atoms with Crippen LogP contribution in [0.2, 0.25) is 0 Å². The van der Waals surface area contributed by atoms with Crippen LogP contribution in [0.1, 0.15) is 32.6 Å². The van der Waals surface area contributed by atoms with Crippen molar-refractivity contribution in [3.05, 3.63) is 24.3 Å². The number of likely N-dealkylation sites (tertiary alicyclic amines) is 1. The molecule has 1 unspecified atom stereocenters. The van der Waals surface area contributed by atoms with E-state index in [-0.39, 0.29) is 6.03 Å². The normalized spacial score (nSPS) is 19.1. The van der Waals surface area contributed by atoms with E-state index in [1.54, 1.807) is 7.11 Å². The van der Waals surface area contributed by atoms with Gasteiger partial charge in [0.1, 0.15) is 5.75 Å². The van der Waals surface area contributed by atoms with Gasteiger partial charge in [-0.1, -0.05) is 13.0 Å². The first-order chi connectivity index (χ1) is 9.24. The van der Waals surface area contributed by atoms with Crippen LogP contribution < -0.4 is 10.1 Å². The molecule has 0 radical (unpaired) electrons. The maximum Gasteiger partial charge on any atom is 0.322 e. The van der Waals surface area contributed by atoms with E-state index in [9.17, 15) is 4.79 Å². The van der Waals surface area contributed by atoms with E-state index in [4.69, 9.17) is 4.74 Å². The molecule has 0 aliphatic carbocycles. The molecule has 1 aromatic carbocycles. The highest BCUT2D eigenvalue weighted by molar-refractivity contribution is 5.89. The molecule has 4 heteroatoms. The third-order valence-electron chi connectivity index (χ3n) is 3.68. The zero-order valence-corrected chi connectivity index (χ0v) is 11.7. The van der Waals surface area contributed by atoms with Crippen LogP contribution in [0.4, 0.5) is 10.5 Å².